The number of rotatable bonds is 4. The fraction of sp³-hybridized carbons (Fsp3) is 0.444. The largest absolute Gasteiger partial charge is 0.357 e. The van der Waals surface area contributed by atoms with Gasteiger partial charge in [-0.05, 0) is 43.3 Å². The van der Waals surface area contributed by atoms with Crippen LogP contribution in [0.15, 0.2) is 35.8 Å². The second-order valence-corrected chi connectivity index (χ2v) is 7.65. The smallest absolute Gasteiger partial charge is 0.226 e. The molecule has 1 saturated heterocycles. The molecule has 6 heteroatoms. The summed E-state index contributed by atoms with van der Waals surface area (Å²) in [5.74, 6) is 1.28. The van der Waals surface area contributed by atoms with Crippen molar-refractivity contribution in [2.24, 2.45) is 5.92 Å². The zero-order valence-corrected chi connectivity index (χ0v) is 15.6. The zero-order valence-electron chi connectivity index (χ0n) is 14.0. The fourth-order valence-electron chi connectivity index (χ4n) is 3.11. The SMILES string of the molecule is CC(c1cccs1)N(C)C(=O)C1CCN(c2ccc(Cl)cn2)CC1. The van der Waals surface area contributed by atoms with Gasteiger partial charge in [0.2, 0.25) is 5.91 Å². The number of piperidine rings is 1. The maximum atomic E-state index is 12.8. The van der Waals surface area contributed by atoms with E-state index in [2.05, 4.69) is 28.3 Å². The Kier molecular flexibility index (Phi) is 5.41. The molecule has 0 bridgehead atoms. The Labute approximate surface area is 152 Å². The molecule has 0 aliphatic carbocycles. The minimum atomic E-state index is 0.0981. The minimum Gasteiger partial charge on any atom is -0.357 e. The Morgan fingerprint density at radius 1 is 1.38 bits per heavy atom. The third kappa shape index (κ3) is 3.73. The molecule has 0 saturated carbocycles. The van der Waals surface area contributed by atoms with Crippen LogP contribution in [0.4, 0.5) is 5.82 Å². The summed E-state index contributed by atoms with van der Waals surface area (Å²) in [6.45, 7) is 3.80. The Bertz CT molecular complexity index is 666. The monoisotopic (exact) mass is 363 g/mol. The highest BCUT2D eigenvalue weighted by Crippen LogP contribution is 2.28. The number of thiophene rings is 1. The average Bonchev–Trinajstić information content (AvgIpc) is 3.15. The van der Waals surface area contributed by atoms with Crippen molar-refractivity contribution in [3.05, 3.63) is 45.7 Å². The number of hydrogen-bond acceptors (Lipinski definition) is 4. The summed E-state index contributed by atoms with van der Waals surface area (Å²) in [7, 11) is 1.92. The highest BCUT2D eigenvalue weighted by Gasteiger charge is 2.29. The molecule has 1 unspecified atom stereocenters. The molecule has 2 aromatic heterocycles. The molecule has 1 amide bonds. The summed E-state index contributed by atoms with van der Waals surface area (Å²) < 4.78 is 0. The van der Waals surface area contributed by atoms with Crippen molar-refractivity contribution in [3.63, 3.8) is 0 Å². The lowest BCUT2D eigenvalue weighted by atomic mass is 9.95. The lowest BCUT2D eigenvalue weighted by molar-refractivity contribution is -0.136. The molecule has 0 aromatic carbocycles. The first-order chi connectivity index (χ1) is 11.6. The van der Waals surface area contributed by atoms with Crippen LogP contribution in [0.1, 0.15) is 30.7 Å². The molecular formula is C18H22ClN3OS. The van der Waals surface area contributed by atoms with Crippen LogP contribution in [-0.2, 0) is 4.79 Å². The average molecular weight is 364 g/mol. The van der Waals surface area contributed by atoms with Crippen LogP contribution in [0.2, 0.25) is 5.02 Å². The van der Waals surface area contributed by atoms with Crippen molar-refractivity contribution >= 4 is 34.7 Å². The highest BCUT2D eigenvalue weighted by atomic mass is 35.5. The maximum Gasteiger partial charge on any atom is 0.226 e. The van der Waals surface area contributed by atoms with E-state index in [1.165, 1.54) is 4.88 Å². The van der Waals surface area contributed by atoms with Crippen LogP contribution >= 0.6 is 22.9 Å². The van der Waals surface area contributed by atoms with E-state index in [-0.39, 0.29) is 17.9 Å². The quantitative estimate of drug-likeness (QED) is 0.815. The Morgan fingerprint density at radius 2 is 2.12 bits per heavy atom. The Morgan fingerprint density at radius 3 is 2.71 bits per heavy atom. The first-order valence-electron chi connectivity index (χ1n) is 8.23. The Hall–Kier alpha value is -1.59. The summed E-state index contributed by atoms with van der Waals surface area (Å²) in [5.41, 5.74) is 0. The number of hydrogen-bond donors (Lipinski definition) is 0. The van der Waals surface area contributed by atoms with Gasteiger partial charge in [-0.1, -0.05) is 17.7 Å². The van der Waals surface area contributed by atoms with Gasteiger partial charge >= 0.3 is 0 Å². The zero-order chi connectivity index (χ0) is 17.1. The Balaban J connectivity index is 1.57. The van der Waals surface area contributed by atoms with E-state index >= 15 is 0 Å². The molecule has 2 aromatic rings. The van der Waals surface area contributed by atoms with E-state index in [9.17, 15) is 4.79 Å². The lowest BCUT2D eigenvalue weighted by Gasteiger charge is -2.35. The number of aromatic nitrogens is 1. The van der Waals surface area contributed by atoms with Crippen molar-refractivity contribution in [2.75, 3.05) is 25.0 Å². The number of anilines is 1. The number of amides is 1. The molecule has 4 nitrogen and oxygen atoms in total. The number of pyridine rings is 1. The molecule has 3 heterocycles. The van der Waals surface area contributed by atoms with E-state index in [0.717, 1.165) is 31.7 Å². The molecule has 128 valence electrons. The van der Waals surface area contributed by atoms with Crippen LogP contribution < -0.4 is 4.90 Å². The standard InChI is InChI=1S/C18H22ClN3OS/c1-13(16-4-3-11-24-16)21(2)18(23)14-7-9-22(10-8-14)17-6-5-15(19)12-20-17/h3-6,11-14H,7-10H2,1-2H3. The summed E-state index contributed by atoms with van der Waals surface area (Å²) in [4.78, 5) is 22.5. The van der Waals surface area contributed by atoms with Gasteiger partial charge in [0, 0.05) is 37.1 Å². The molecule has 1 fully saturated rings. The molecule has 24 heavy (non-hydrogen) atoms. The number of carbonyl (C=O) groups is 1. The van der Waals surface area contributed by atoms with Crippen LogP contribution in [0, 0.1) is 5.92 Å². The van der Waals surface area contributed by atoms with Crippen LogP contribution in [-0.4, -0.2) is 35.9 Å². The maximum absolute atomic E-state index is 12.8. The normalized spacial score (nSPS) is 16.9. The second-order valence-electron chi connectivity index (χ2n) is 6.24. The predicted octanol–water partition coefficient (Wildman–Crippen LogP) is 4.23. The number of carbonyl (C=O) groups excluding carboxylic acids is 1. The molecule has 0 spiro atoms. The molecule has 0 N–H and O–H groups in total. The van der Waals surface area contributed by atoms with E-state index < -0.39 is 0 Å². The van der Waals surface area contributed by atoms with Gasteiger partial charge in [0.25, 0.3) is 0 Å². The van der Waals surface area contributed by atoms with Gasteiger partial charge < -0.3 is 9.80 Å². The number of nitrogens with zero attached hydrogens (tertiary/aromatic N) is 3. The van der Waals surface area contributed by atoms with Crippen molar-refractivity contribution < 1.29 is 4.79 Å². The third-order valence-electron chi connectivity index (χ3n) is 4.76. The second kappa shape index (κ2) is 7.53. The molecule has 1 atom stereocenters. The number of halogens is 1. The van der Waals surface area contributed by atoms with Gasteiger partial charge in [-0.3, -0.25) is 4.79 Å². The van der Waals surface area contributed by atoms with Crippen molar-refractivity contribution in [3.8, 4) is 0 Å². The lowest BCUT2D eigenvalue weighted by Crippen LogP contribution is -2.42. The van der Waals surface area contributed by atoms with E-state index in [1.54, 1.807) is 17.5 Å². The van der Waals surface area contributed by atoms with Gasteiger partial charge in [0.05, 0.1) is 11.1 Å². The van der Waals surface area contributed by atoms with Gasteiger partial charge in [0.15, 0.2) is 0 Å². The van der Waals surface area contributed by atoms with Crippen LogP contribution in [0.5, 0.6) is 0 Å². The van der Waals surface area contributed by atoms with Gasteiger partial charge in [-0.2, -0.15) is 0 Å². The minimum absolute atomic E-state index is 0.0981. The van der Waals surface area contributed by atoms with Gasteiger partial charge in [0.1, 0.15) is 5.82 Å². The summed E-state index contributed by atoms with van der Waals surface area (Å²) in [6.07, 6.45) is 3.40. The molecular weight excluding hydrogens is 342 g/mol. The van der Waals surface area contributed by atoms with Crippen molar-refractivity contribution in [1.29, 1.82) is 0 Å². The van der Waals surface area contributed by atoms with Gasteiger partial charge in [-0.15, -0.1) is 11.3 Å². The summed E-state index contributed by atoms with van der Waals surface area (Å²) >= 11 is 7.59. The molecule has 1 aliphatic heterocycles. The molecule has 1 aliphatic rings. The van der Waals surface area contributed by atoms with Crippen molar-refractivity contribution in [1.82, 2.24) is 9.88 Å². The van der Waals surface area contributed by atoms with Gasteiger partial charge in [-0.25, -0.2) is 4.98 Å². The first kappa shape index (κ1) is 17.2. The summed E-state index contributed by atoms with van der Waals surface area (Å²) in [5, 5.41) is 2.70. The van der Waals surface area contributed by atoms with Crippen LogP contribution in [0.25, 0.3) is 0 Å². The molecule has 3 rings (SSSR count). The fourth-order valence-corrected chi connectivity index (χ4v) is 4.05. The van der Waals surface area contributed by atoms with Crippen LogP contribution in [0.3, 0.4) is 0 Å². The third-order valence-corrected chi connectivity index (χ3v) is 6.03. The predicted molar refractivity (Wildman–Crippen MR) is 99.7 cm³/mol. The topological polar surface area (TPSA) is 36.4 Å². The highest BCUT2D eigenvalue weighted by molar-refractivity contribution is 7.10. The van der Waals surface area contributed by atoms with E-state index in [1.807, 2.05) is 30.1 Å². The molecule has 0 radical (unpaired) electrons. The first-order valence-corrected chi connectivity index (χ1v) is 9.48. The van der Waals surface area contributed by atoms with E-state index in [0.29, 0.717) is 5.02 Å². The van der Waals surface area contributed by atoms with Crippen molar-refractivity contribution in [2.45, 2.75) is 25.8 Å². The summed E-state index contributed by atoms with van der Waals surface area (Å²) in [6, 6.07) is 8.06. The van der Waals surface area contributed by atoms with E-state index in [4.69, 9.17) is 11.6 Å².